The number of rotatable bonds is 7. The second-order valence-corrected chi connectivity index (χ2v) is 9.13. The van der Waals surface area contributed by atoms with Crippen LogP contribution in [-0.2, 0) is 30.8 Å². The van der Waals surface area contributed by atoms with Crippen molar-refractivity contribution in [1.82, 2.24) is 4.31 Å². The van der Waals surface area contributed by atoms with Gasteiger partial charge in [-0.1, -0.05) is 6.07 Å². The first-order valence-corrected chi connectivity index (χ1v) is 10.5. The molecule has 0 unspecified atom stereocenters. The van der Waals surface area contributed by atoms with Crippen molar-refractivity contribution in [1.29, 1.82) is 0 Å². The predicted octanol–water partition coefficient (Wildman–Crippen LogP) is 2.42. The molecule has 9 heteroatoms. The zero-order chi connectivity index (χ0) is 20.2. The summed E-state index contributed by atoms with van der Waals surface area (Å²) in [6, 6.07) is 6.29. The van der Waals surface area contributed by atoms with Crippen LogP contribution in [0.1, 0.15) is 18.1 Å². The van der Waals surface area contributed by atoms with Crippen LogP contribution < -0.4 is 5.32 Å². The van der Waals surface area contributed by atoms with E-state index < -0.39 is 28.0 Å². The number of benzene rings is 1. The molecule has 0 aliphatic rings. The molecule has 0 spiro atoms. The summed E-state index contributed by atoms with van der Waals surface area (Å²) in [5.41, 5.74) is 1.87. The fourth-order valence-electron chi connectivity index (χ4n) is 2.19. The van der Waals surface area contributed by atoms with E-state index in [2.05, 4.69) is 5.32 Å². The van der Waals surface area contributed by atoms with E-state index >= 15 is 0 Å². The molecule has 1 aromatic carbocycles. The second-order valence-electron chi connectivity index (χ2n) is 6.19. The van der Waals surface area contributed by atoms with Crippen molar-refractivity contribution < 1.29 is 22.7 Å². The lowest BCUT2D eigenvalue weighted by molar-refractivity contribution is -0.152. The fraction of sp³-hybridized carbons (Fsp3) is 0.333. The molecule has 0 saturated heterocycles. The summed E-state index contributed by atoms with van der Waals surface area (Å²) in [6.45, 7) is 3.21. The van der Waals surface area contributed by atoms with Crippen LogP contribution in [0.5, 0.6) is 0 Å². The highest BCUT2D eigenvalue weighted by atomic mass is 32.2. The highest BCUT2D eigenvalue weighted by molar-refractivity contribution is 7.89. The number of aryl methyl sites for hydroxylation is 1. The number of hydrogen-bond donors (Lipinski definition) is 1. The zero-order valence-electron chi connectivity index (χ0n) is 15.6. The van der Waals surface area contributed by atoms with Gasteiger partial charge in [0.15, 0.2) is 6.10 Å². The summed E-state index contributed by atoms with van der Waals surface area (Å²) in [4.78, 5) is 24.3. The van der Waals surface area contributed by atoms with Crippen molar-refractivity contribution in [3.63, 3.8) is 0 Å². The van der Waals surface area contributed by atoms with E-state index in [9.17, 15) is 18.0 Å². The first-order chi connectivity index (χ1) is 12.6. The van der Waals surface area contributed by atoms with Gasteiger partial charge in [0, 0.05) is 19.8 Å². The number of thiophene rings is 1. The number of amides is 1. The van der Waals surface area contributed by atoms with Gasteiger partial charge >= 0.3 is 5.97 Å². The summed E-state index contributed by atoms with van der Waals surface area (Å²) >= 11 is 1.48. The maximum absolute atomic E-state index is 12.4. The first-order valence-electron chi connectivity index (χ1n) is 8.16. The maximum atomic E-state index is 12.4. The zero-order valence-corrected chi connectivity index (χ0v) is 17.2. The standard InChI is InChI=1S/C18H22N2O5S2/c1-12-5-6-15(27(23,24)20(3)4)10-16(12)19-18(22)13(2)25-17(21)9-14-7-8-26-11-14/h5-8,10-11,13H,9H2,1-4H3,(H,19,22)/t13-/m0/s1. The van der Waals surface area contributed by atoms with Crippen LogP contribution >= 0.6 is 11.3 Å². The van der Waals surface area contributed by atoms with Crippen LogP contribution in [0.2, 0.25) is 0 Å². The molecule has 0 fully saturated rings. The quantitative estimate of drug-likeness (QED) is 0.708. The number of nitrogens with zero attached hydrogens (tertiary/aromatic N) is 1. The normalized spacial score (nSPS) is 12.6. The minimum Gasteiger partial charge on any atom is -0.452 e. The van der Waals surface area contributed by atoms with Gasteiger partial charge < -0.3 is 10.1 Å². The average molecular weight is 411 g/mol. The van der Waals surface area contributed by atoms with Crippen molar-refractivity contribution in [3.05, 3.63) is 46.2 Å². The molecule has 0 saturated carbocycles. The number of sulfonamides is 1. The fourth-order valence-corrected chi connectivity index (χ4v) is 3.79. The maximum Gasteiger partial charge on any atom is 0.311 e. The Balaban J connectivity index is 2.07. The molecule has 2 rings (SSSR count). The molecule has 1 aromatic heterocycles. The number of ether oxygens (including phenoxy) is 1. The Bertz CT molecular complexity index is 921. The Hall–Kier alpha value is -2.23. The van der Waals surface area contributed by atoms with Gasteiger partial charge in [0.2, 0.25) is 10.0 Å². The lowest BCUT2D eigenvalue weighted by Gasteiger charge is -2.16. The SMILES string of the molecule is Cc1ccc(S(=O)(=O)N(C)C)cc1NC(=O)[C@H](C)OC(=O)Cc1ccsc1. The summed E-state index contributed by atoms with van der Waals surface area (Å²) in [5.74, 6) is -1.03. The number of esters is 1. The van der Waals surface area contributed by atoms with E-state index in [1.54, 1.807) is 13.0 Å². The van der Waals surface area contributed by atoms with E-state index in [0.29, 0.717) is 11.3 Å². The Morgan fingerprint density at radius 1 is 1.26 bits per heavy atom. The molecule has 27 heavy (non-hydrogen) atoms. The van der Waals surface area contributed by atoms with Crippen molar-refractivity contribution >= 4 is 38.9 Å². The molecule has 0 radical (unpaired) electrons. The van der Waals surface area contributed by atoms with Gasteiger partial charge in [0.25, 0.3) is 5.91 Å². The lowest BCUT2D eigenvalue weighted by Crippen LogP contribution is -2.31. The number of hydrogen-bond acceptors (Lipinski definition) is 6. The van der Waals surface area contributed by atoms with Crippen LogP contribution in [0.4, 0.5) is 5.69 Å². The predicted molar refractivity (Wildman–Crippen MR) is 104 cm³/mol. The molecular weight excluding hydrogens is 388 g/mol. The first kappa shape index (κ1) is 21.1. The molecular formula is C18H22N2O5S2. The Labute approximate surface area is 163 Å². The van der Waals surface area contributed by atoms with Crippen molar-refractivity contribution in [3.8, 4) is 0 Å². The number of nitrogens with one attached hydrogen (secondary N) is 1. The van der Waals surface area contributed by atoms with E-state index in [0.717, 1.165) is 9.87 Å². The van der Waals surface area contributed by atoms with Crippen LogP contribution in [0, 0.1) is 6.92 Å². The summed E-state index contributed by atoms with van der Waals surface area (Å²) in [5, 5.41) is 6.33. The van der Waals surface area contributed by atoms with Crippen molar-refractivity contribution in [2.75, 3.05) is 19.4 Å². The molecule has 1 atom stereocenters. The monoisotopic (exact) mass is 410 g/mol. The molecule has 0 aliphatic carbocycles. The molecule has 7 nitrogen and oxygen atoms in total. The highest BCUT2D eigenvalue weighted by Gasteiger charge is 2.21. The summed E-state index contributed by atoms with van der Waals surface area (Å²) in [6.07, 6.45) is -0.916. The number of carbonyl (C=O) groups excluding carboxylic acids is 2. The van der Waals surface area contributed by atoms with Gasteiger partial charge in [0.1, 0.15) is 0 Å². The van der Waals surface area contributed by atoms with Crippen LogP contribution in [-0.4, -0.2) is 44.8 Å². The largest absolute Gasteiger partial charge is 0.452 e. The topological polar surface area (TPSA) is 92.8 Å². The molecule has 146 valence electrons. The van der Waals surface area contributed by atoms with Crippen molar-refractivity contribution in [2.24, 2.45) is 0 Å². The van der Waals surface area contributed by atoms with Crippen LogP contribution in [0.3, 0.4) is 0 Å². The molecule has 0 aliphatic heterocycles. The minimum atomic E-state index is -3.62. The molecule has 2 aromatic rings. The van der Waals surface area contributed by atoms with E-state index in [4.69, 9.17) is 4.74 Å². The Morgan fingerprint density at radius 3 is 2.56 bits per heavy atom. The molecule has 1 heterocycles. The van der Waals surface area contributed by atoms with E-state index in [1.807, 2.05) is 16.8 Å². The number of carbonyl (C=O) groups is 2. The van der Waals surface area contributed by atoms with Crippen LogP contribution in [0.25, 0.3) is 0 Å². The minimum absolute atomic E-state index is 0.0653. The highest BCUT2D eigenvalue weighted by Crippen LogP contribution is 2.22. The van der Waals surface area contributed by atoms with Gasteiger partial charge in [-0.15, -0.1) is 0 Å². The van der Waals surface area contributed by atoms with E-state index in [1.165, 1.54) is 44.5 Å². The molecule has 0 bridgehead atoms. The third-order valence-electron chi connectivity index (χ3n) is 3.85. The molecule has 1 amide bonds. The third-order valence-corrected chi connectivity index (χ3v) is 6.39. The van der Waals surface area contributed by atoms with Gasteiger partial charge in [-0.2, -0.15) is 11.3 Å². The van der Waals surface area contributed by atoms with Gasteiger partial charge in [-0.3, -0.25) is 9.59 Å². The van der Waals surface area contributed by atoms with Crippen LogP contribution in [0.15, 0.2) is 39.9 Å². The number of anilines is 1. The molecule has 1 N–H and O–H groups in total. The van der Waals surface area contributed by atoms with Gasteiger partial charge in [0.05, 0.1) is 11.3 Å². The summed E-state index contributed by atoms with van der Waals surface area (Å²) in [7, 11) is -0.757. The average Bonchev–Trinajstić information content (AvgIpc) is 3.09. The lowest BCUT2D eigenvalue weighted by atomic mass is 10.2. The Kier molecular flexibility index (Phi) is 6.74. The Morgan fingerprint density at radius 2 is 1.96 bits per heavy atom. The van der Waals surface area contributed by atoms with Gasteiger partial charge in [-0.05, 0) is 53.9 Å². The smallest absolute Gasteiger partial charge is 0.311 e. The second kappa shape index (κ2) is 8.64. The third kappa shape index (κ3) is 5.38. The van der Waals surface area contributed by atoms with Gasteiger partial charge in [-0.25, -0.2) is 12.7 Å². The van der Waals surface area contributed by atoms with Crippen molar-refractivity contribution in [2.45, 2.75) is 31.3 Å². The summed E-state index contributed by atoms with van der Waals surface area (Å²) < 4.78 is 30.8. The van der Waals surface area contributed by atoms with E-state index in [-0.39, 0.29) is 11.3 Å².